The zero-order valence-corrected chi connectivity index (χ0v) is 21.2. The predicted molar refractivity (Wildman–Crippen MR) is 145 cm³/mol. The highest BCUT2D eigenvalue weighted by Crippen LogP contribution is 2.37. The molecule has 174 valence electrons. The van der Waals surface area contributed by atoms with Crippen LogP contribution >= 0.6 is 35.6 Å². The maximum Gasteiger partial charge on any atom is 0.266 e. The molecule has 3 heterocycles. The van der Waals surface area contributed by atoms with Crippen molar-refractivity contribution in [3.8, 4) is 0 Å². The second-order valence-electron chi connectivity index (χ2n) is 8.55. The van der Waals surface area contributed by atoms with Crippen LogP contribution in [0.15, 0.2) is 58.2 Å². The molecule has 34 heavy (non-hydrogen) atoms. The van der Waals surface area contributed by atoms with E-state index in [2.05, 4.69) is 11.0 Å². The van der Waals surface area contributed by atoms with Crippen molar-refractivity contribution in [2.75, 3.05) is 18.0 Å². The van der Waals surface area contributed by atoms with E-state index in [0.29, 0.717) is 26.4 Å². The Bertz CT molecular complexity index is 1390. The van der Waals surface area contributed by atoms with E-state index in [1.165, 1.54) is 18.2 Å². The summed E-state index contributed by atoms with van der Waals surface area (Å²) in [5.41, 5.74) is 3.06. The summed E-state index contributed by atoms with van der Waals surface area (Å²) in [6.45, 7) is 2.09. The molecule has 0 N–H and O–H groups in total. The molecule has 0 unspecified atom stereocenters. The van der Waals surface area contributed by atoms with Crippen LogP contribution in [-0.4, -0.2) is 32.8 Å². The number of pyridine rings is 1. The smallest absolute Gasteiger partial charge is 0.266 e. The molecular formula is C26H24ClN3O2S2. The minimum atomic E-state index is -0.199. The Morgan fingerprint density at radius 2 is 1.74 bits per heavy atom. The maximum absolute atomic E-state index is 13.5. The first kappa shape index (κ1) is 23.1. The molecule has 1 aromatic heterocycles. The minimum Gasteiger partial charge on any atom is -0.370 e. The van der Waals surface area contributed by atoms with Crippen LogP contribution in [0.4, 0.5) is 5.69 Å². The van der Waals surface area contributed by atoms with Crippen molar-refractivity contribution in [2.45, 2.75) is 25.8 Å². The van der Waals surface area contributed by atoms with Crippen molar-refractivity contribution in [1.82, 2.24) is 9.47 Å². The normalized spacial score (nSPS) is 17.9. The van der Waals surface area contributed by atoms with Gasteiger partial charge in [-0.3, -0.25) is 14.5 Å². The number of para-hydroxylation sites is 1. The first-order valence-corrected chi connectivity index (χ1v) is 12.9. The number of anilines is 1. The largest absolute Gasteiger partial charge is 0.370 e. The average Bonchev–Trinajstić information content (AvgIpc) is 3.11. The van der Waals surface area contributed by atoms with E-state index in [1.807, 2.05) is 36.4 Å². The lowest BCUT2D eigenvalue weighted by atomic mass is 10.0. The van der Waals surface area contributed by atoms with Crippen LogP contribution in [0.2, 0.25) is 5.02 Å². The highest BCUT2D eigenvalue weighted by Gasteiger charge is 2.33. The number of hydrogen-bond acceptors (Lipinski definition) is 5. The van der Waals surface area contributed by atoms with Crippen LogP contribution < -0.4 is 10.5 Å². The van der Waals surface area contributed by atoms with Gasteiger partial charge in [-0.1, -0.05) is 72.0 Å². The molecule has 0 saturated carbocycles. The number of aryl methyl sites for hydroxylation is 1. The first-order chi connectivity index (χ1) is 16.5. The molecule has 5 nitrogen and oxygen atoms in total. The van der Waals surface area contributed by atoms with E-state index >= 15 is 0 Å². The van der Waals surface area contributed by atoms with Crippen molar-refractivity contribution in [1.29, 1.82) is 0 Å². The lowest BCUT2D eigenvalue weighted by Crippen LogP contribution is -2.33. The van der Waals surface area contributed by atoms with Crippen molar-refractivity contribution in [3.05, 3.63) is 79.9 Å². The van der Waals surface area contributed by atoms with Gasteiger partial charge >= 0.3 is 0 Å². The number of rotatable bonds is 4. The summed E-state index contributed by atoms with van der Waals surface area (Å²) in [5.74, 6) is -0.199. The minimum absolute atomic E-state index is 0.115. The lowest BCUT2D eigenvalue weighted by molar-refractivity contribution is -0.122. The summed E-state index contributed by atoms with van der Waals surface area (Å²) in [7, 11) is 1.78. The Morgan fingerprint density at radius 3 is 2.50 bits per heavy atom. The summed E-state index contributed by atoms with van der Waals surface area (Å²) >= 11 is 13.1. The molecule has 5 rings (SSSR count). The summed E-state index contributed by atoms with van der Waals surface area (Å²) in [4.78, 5) is 31.2. The molecule has 0 radical (unpaired) electrons. The number of fused-ring (bicyclic) bond motifs is 1. The summed E-state index contributed by atoms with van der Waals surface area (Å²) in [5, 5.41) is 1.61. The number of halogens is 1. The number of hydrogen-bond donors (Lipinski definition) is 0. The highest BCUT2D eigenvalue weighted by atomic mass is 35.5. The average molecular weight is 510 g/mol. The summed E-state index contributed by atoms with van der Waals surface area (Å²) < 4.78 is 2.13. The Morgan fingerprint density at radius 1 is 1.03 bits per heavy atom. The van der Waals surface area contributed by atoms with Crippen LogP contribution in [-0.2, 0) is 18.4 Å². The predicted octanol–water partition coefficient (Wildman–Crippen LogP) is 5.58. The fourth-order valence-electron chi connectivity index (χ4n) is 4.66. The fraction of sp³-hybridized carbons (Fsp3) is 0.269. The molecule has 0 atom stereocenters. The van der Waals surface area contributed by atoms with E-state index in [9.17, 15) is 9.59 Å². The van der Waals surface area contributed by atoms with Crippen molar-refractivity contribution in [2.24, 2.45) is 7.05 Å². The molecule has 0 aliphatic carbocycles. The van der Waals surface area contributed by atoms with Crippen molar-refractivity contribution >= 4 is 68.5 Å². The molecular weight excluding hydrogens is 486 g/mol. The number of carbonyl (C=O) groups is 1. The monoisotopic (exact) mass is 509 g/mol. The number of carbonyl (C=O) groups excluding carboxylic acids is 1. The standard InChI is InChI=1S/C26H24ClN3O2S2/c1-28-21-12-6-4-10-18(21)23(29-13-7-2-8-14-29)19(24(28)31)15-22-25(32)30(26(33)34-22)16-17-9-3-5-11-20(17)27/h3-6,9-12,15H,2,7-8,13-14,16H2,1H3. The van der Waals surface area contributed by atoms with E-state index in [-0.39, 0.29) is 11.5 Å². The lowest BCUT2D eigenvalue weighted by Gasteiger charge is -2.31. The van der Waals surface area contributed by atoms with Crippen LogP contribution in [0.3, 0.4) is 0 Å². The number of amides is 1. The topological polar surface area (TPSA) is 45.6 Å². The molecule has 1 amide bonds. The molecule has 2 saturated heterocycles. The van der Waals surface area contributed by atoms with Crippen LogP contribution in [0.1, 0.15) is 30.4 Å². The SMILES string of the molecule is Cn1c(=O)c(C=C2SC(=S)N(Cc3ccccc3Cl)C2=O)c(N2CCCCC2)c2ccccc21. The van der Waals surface area contributed by atoms with E-state index in [1.54, 1.807) is 28.7 Å². The Labute approximate surface area is 213 Å². The molecule has 2 aliphatic rings. The van der Waals surface area contributed by atoms with Gasteiger partial charge < -0.3 is 9.47 Å². The van der Waals surface area contributed by atoms with E-state index < -0.39 is 0 Å². The number of thioether (sulfide) groups is 1. The molecule has 2 aliphatic heterocycles. The van der Waals surface area contributed by atoms with Crippen molar-refractivity contribution < 1.29 is 4.79 Å². The van der Waals surface area contributed by atoms with Gasteiger partial charge in [0.2, 0.25) is 0 Å². The molecule has 0 spiro atoms. The summed E-state index contributed by atoms with van der Waals surface area (Å²) in [6, 6.07) is 15.4. The Kier molecular flexibility index (Phi) is 6.51. The number of piperidine rings is 1. The molecule has 2 aromatic carbocycles. The Balaban J connectivity index is 1.60. The number of benzene rings is 2. The van der Waals surface area contributed by atoms with Gasteiger partial charge in [-0.05, 0) is 43.0 Å². The van der Waals surface area contributed by atoms with Gasteiger partial charge in [0.05, 0.1) is 28.2 Å². The van der Waals surface area contributed by atoms with Gasteiger partial charge in [-0.2, -0.15) is 0 Å². The maximum atomic E-state index is 13.5. The molecule has 3 aromatic rings. The first-order valence-electron chi connectivity index (χ1n) is 11.3. The number of aromatic nitrogens is 1. The highest BCUT2D eigenvalue weighted by molar-refractivity contribution is 8.26. The number of nitrogens with zero attached hydrogens (tertiary/aromatic N) is 3. The zero-order valence-electron chi connectivity index (χ0n) is 18.8. The third-order valence-electron chi connectivity index (χ3n) is 6.42. The third-order valence-corrected chi connectivity index (χ3v) is 8.16. The Hall–Kier alpha value is -2.61. The van der Waals surface area contributed by atoms with Crippen LogP contribution in [0.25, 0.3) is 17.0 Å². The van der Waals surface area contributed by atoms with E-state index in [4.69, 9.17) is 23.8 Å². The molecule has 0 bridgehead atoms. The number of thiocarbonyl (C=S) groups is 1. The van der Waals surface area contributed by atoms with Gasteiger partial charge in [0.25, 0.3) is 11.5 Å². The van der Waals surface area contributed by atoms with Gasteiger partial charge in [0, 0.05) is 30.5 Å². The van der Waals surface area contributed by atoms with Gasteiger partial charge in [0.1, 0.15) is 4.32 Å². The molecule has 8 heteroatoms. The third kappa shape index (κ3) is 4.17. The summed E-state index contributed by atoms with van der Waals surface area (Å²) in [6.07, 6.45) is 5.10. The quantitative estimate of drug-likeness (QED) is 0.339. The van der Waals surface area contributed by atoms with Gasteiger partial charge in [0.15, 0.2) is 0 Å². The molecule has 2 fully saturated rings. The fourth-order valence-corrected chi connectivity index (χ4v) is 6.09. The van der Waals surface area contributed by atoms with Crippen LogP contribution in [0, 0.1) is 0 Å². The van der Waals surface area contributed by atoms with Crippen molar-refractivity contribution in [3.63, 3.8) is 0 Å². The van der Waals surface area contributed by atoms with E-state index in [0.717, 1.165) is 48.1 Å². The zero-order chi connectivity index (χ0) is 23.8. The van der Waals surface area contributed by atoms with Crippen LogP contribution in [0.5, 0.6) is 0 Å². The second kappa shape index (κ2) is 9.56. The van der Waals surface area contributed by atoms with Gasteiger partial charge in [-0.15, -0.1) is 0 Å². The second-order valence-corrected chi connectivity index (χ2v) is 10.6. The van der Waals surface area contributed by atoms with Gasteiger partial charge in [-0.25, -0.2) is 0 Å².